The van der Waals surface area contributed by atoms with Gasteiger partial charge in [0.25, 0.3) is 0 Å². The maximum Gasteiger partial charge on any atom is 0.146 e. The number of rotatable bonds is 2. The summed E-state index contributed by atoms with van der Waals surface area (Å²) in [5.41, 5.74) is 1.42. The van der Waals surface area contributed by atoms with Gasteiger partial charge in [0.1, 0.15) is 5.82 Å². The molecule has 0 aromatic heterocycles. The van der Waals surface area contributed by atoms with Crippen molar-refractivity contribution in [1.29, 1.82) is 0 Å². The van der Waals surface area contributed by atoms with E-state index in [4.69, 9.17) is 5.11 Å². The quantitative estimate of drug-likeness (QED) is 0.808. The minimum atomic E-state index is -0.186. The largest absolute Gasteiger partial charge is 0.392 e. The molecule has 1 aliphatic heterocycles. The third-order valence-corrected chi connectivity index (χ3v) is 2.89. The maximum atomic E-state index is 13.6. The van der Waals surface area contributed by atoms with Crippen molar-refractivity contribution in [2.75, 3.05) is 18.0 Å². The van der Waals surface area contributed by atoms with Crippen molar-refractivity contribution in [3.8, 4) is 0 Å². The molecule has 15 heavy (non-hydrogen) atoms. The maximum absolute atomic E-state index is 13.6. The summed E-state index contributed by atoms with van der Waals surface area (Å²) in [6.07, 6.45) is 3.49. The van der Waals surface area contributed by atoms with E-state index in [1.165, 1.54) is 12.5 Å². The predicted octanol–water partition coefficient (Wildman–Crippen LogP) is 2.31. The second-order valence-corrected chi connectivity index (χ2v) is 3.99. The summed E-state index contributed by atoms with van der Waals surface area (Å²) >= 11 is 0. The molecule has 0 atom stereocenters. The fourth-order valence-corrected chi connectivity index (χ4v) is 2.03. The van der Waals surface area contributed by atoms with Gasteiger partial charge in [-0.05, 0) is 37.0 Å². The zero-order valence-corrected chi connectivity index (χ0v) is 8.75. The van der Waals surface area contributed by atoms with Gasteiger partial charge >= 0.3 is 0 Å². The lowest BCUT2D eigenvalue weighted by atomic mass is 10.1. The average Bonchev–Trinajstić information content (AvgIpc) is 2.31. The standard InChI is InChI=1S/C12H16FNO/c13-11-5-4-10(9-15)8-12(11)14-6-2-1-3-7-14/h4-5,8,15H,1-3,6-7,9H2. The van der Waals surface area contributed by atoms with Crippen LogP contribution in [0.3, 0.4) is 0 Å². The highest BCUT2D eigenvalue weighted by Gasteiger charge is 2.14. The van der Waals surface area contributed by atoms with Crippen LogP contribution < -0.4 is 4.90 Å². The van der Waals surface area contributed by atoms with Crippen LogP contribution in [0.5, 0.6) is 0 Å². The van der Waals surface area contributed by atoms with Crippen LogP contribution in [0.2, 0.25) is 0 Å². The monoisotopic (exact) mass is 209 g/mol. The van der Waals surface area contributed by atoms with Crippen LogP contribution in [0.4, 0.5) is 10.1 Å². The minimum Gasteiger partial charge on any atom is -0.392 e. The van der Waals surface area contributed by atoms with Crippen LogP contribution in [0.15, 0.2) is 18.2 Å². The second-order valence-electron chi connectivity index (χ2n) is 3.99. The summed E-state index contributed by atoms with van der Waals surface area (Å²) in [6, 6.07) is 4.82. The molecule has 2 nitrogen and oxygen atoms in total. The molecule has 3 heteroatoms. The number of anilines is 1. The summed E-state index contributed by atoms with van der Waals surface area (Å²) < 4.78 is 13.6. The van der Waals surface area contributed by atoms with Crippen molar-refractivity contribution in [3.63, 3.8) is 0 Å². The molecular weight excluding hydrogens is 193 g/mol. The smallest absolute Gasteiger partial charge is 0.146 e. The van der Waals surface area contributed by atoms with Crippen LogP contribution in [0, 0.1) is 5.82 Å². The number of aliphatic hydroxyl groups is 1. The first-order chi connectivity index (χ1) is 7.31. The number of piperidine rings is 1. The number of benzene rings is 1. The molecule has 0 radical (unpaired) electrons. The Kier molecular flexibility index (Phi) is 3.21. The van der Waals surface area contributed by atoms with Gasteiger partial charge in [0.2, 0.25) is 0 Å². The topological polar surface area (TPSA) is 23.5 Å². The Labute approximate surface area is 89.3 Å². The predicted molar refractivity (Wildman–Crippen MR) is 58.4 cm³/mol. The Balaban J connectivity index is 2.24. The van der Waals surface area contributed by atoms with E-state index in [9.17, 15) is 4.39 Å². The Morgan fingerprint density at radius 2 is 1.93 bits per heavy atom. The number of hydrogen-bond donors (Lipinski definition) is 1. The van der Waals surface area contributed by atoms with Gasteiger partial charge in [-0.1, -0.05) is 6.07 Å². The molecular formula is C12H16FNO. The van der Waals surface area contributed by atoms with Crippen LogP contribution in [-0.4, -0.2) is 18.2 Å². The highest BCUT2D eigenvalue weighted by atomic mass is 19.1. The van der Waals surface area contributed by atoms with Gasteiger partial charge in [-0.15, -0.1) is 0 Å². The molecule has 2 rings (SSSR count). The van der Waals surface area contributed by atoms with Crippen molar-refractivity contribution in [3.05, 3.63) is 29.6 Å². The molecule has 0 saturated carbocycles. The van der Waals surface area contributed by atoms with E-state index in [2.05, 4.69) is 4.90 Å². The van der Waals surface area contributed by atoms with Gasteiger partial charge in [0.05, 0.1) is 12.3 Å². The molecule has 0 unspecified atom stereocenters. The Morgan fingerprint density at radius 1 is 1.20 bits per heavy atom. The lowest BCUT2D eigenvalue weighted by Gasteiger charge is -2.29. The Morgan fingerprint density at radius 3 is 2.60 bits per heavy atom. The normalized spacial score (nSPS) is 16.8. The van der Waals surface area contributed by atoms with Gasteiger partial charge in [-0.2, -0.15) is 0 Å². The van der Waals surface area contributed by atoms with Crippen molar-refractivity contribution in [2.24, 2.45) is 0 Å². The number of hydrogen-bond acceptors (Lipinski definition) is 2. The van der Waals surface area contributed by atoms with Gasteiger partial charge in [0.15, 0.2) is 0 Å². The lowest BCUT2D eigenvalue weighted by molar-refractivity contribution is 0.281. The summed E-state index contributed by atoms with van der Waals surface area (Å²) in [4.78, 5) is 2.07. The first kappa shape index (κ1) is 10.4. The van der Waals surface area contributed by atoms with E-state index in [1.54, 1.807) is 12.1 Å². The van der Waals surface area contributed by atoms with E-state index in [0.29, 0.717) is 5.69 Å². The molecule has 1 aliphatic rings. The van der Waals surface area contributed by atoms with E-state index in [-0.39, 0.29) is 12.4 Å². The van der Waals surface area contributed by atoms with Crippen molar-refractivity contribution in [1.82, 2.24) is 0 Å². The van der Waals surface area contributed by atoms with Gasteiger partial charge in [-0.3, -0.25) is 0 Å². The number of aliphatic hydroxyl groups excluding tert-OH is 1. The summed E-state index contributed by atoms with van der Waals surface area (Å²) in [6.45, 7) is 1.82. The van der Waals surface area contributed by atoms with E-state index in [0.717, 1.165) is 31.5 Å². The van der Waals surface area contributed by atoms with Crippen molar-refractivity contribution in [2.45, 2.75) is 25.9 Å². The molecule has 0 aliphatic carbocycles. The molecule has 1 aromatic carbocycles. The van der Waals surface area contributed by atoms with Gasteiger partial charge in [0, 0.05) is 13.1 Å². The van der Waals surface area contributed by atoms with Gasteiger partial charge < -0.3 is 10.0 Å². The number of nitrogens with zero attached hydrogens (tertiary/aromatic N) is 1. The highest BCUT2D eigenvalue weighted by molar-refractivity contribution is 5.50. The minimum absolute atomic E-state index is 0.0267. The molecule has 1 saturated heterocycles. The SMILES string of the molecule is OCc1ccc(F)c(N2CCCCC2)c1. The molecule has 0 bridgehead atoms. The van der Waals surface area contributed by atoms with Crippen molar-refractivity contribution < 1.29 is 9.50 Å². The molecule has 82 valence electrons. The Bertz CT molecular complexity index is 334. The fraction of sp³-hybridized carbons (Fsp3) is 0.500. The second kappa shape index (κ2) is 4.62. The van der Waals surface area contributed by atoms with Crippen LogP contribution in [0.1, 0.15) is 24.8 Å². The molecule has 1 aromatic rings. The van der Waals surface area contributed by atoms with Crippen LogP contribution >= 0.6 is 0 Å². The van der Waals surface area contributed by atoms with E-state index < -0.39 is 0 Å². The number of halogens is 1. The lowest BCUT2D eigenvalue weighted by Crippen LogP contribution is -2.30. The van der Waals surface area contributed by atoms with Gasteiger partial charge in [-0.25, -0.2) is 4.39 Å². The zero-order chi connectivity index (χ0) is 10.7. The fourth-order valence-electron chi connectivity index (χ4n) is 2.03. The molecule has 1 N–H and O–H groups in total. The third kappa shape index (κ3) is 2.29. The molecule has 1 heterocycles. The summed E-state index contributed by atoms with van der Waals surface area (Å²) in [5.74, 6) is -0.186. The van der Waals surface area contributed by atoms with Crippen molar-refractivity contribution >= 4 is 5.69 Å². The first-order valence-corrected chi connectivity index (χ1v) is 5.45. The van der Waals surface area contributed by atoms with E-state index >= 15 is 0 Å². The highest BCUT2D eigenvalue weighted by Crippen LogP contribution is 2.24. The third-order valence-electron chi connectivity index (χ3n) is 2.89. The summed E-state index contributed by atoms with van der Waals surface area (Å²) in [7, 11) is 0. The molecule has 0 spiro atoms. The zero-order valence-electron chi connectivity index (χ0n) is 8.75. The van der Waals surface area contributed by atoms with E-state index in [1.807, 2.05) is 0 Å². The average molecular weight is 209 g/mol. The van der Waals surface area contributed by atoms with Crippen LogP contribution in [-0.2, 0) is 6.61 Å². The Hall–Kier alpha value is -1.09. The molecule has 0 amide bonds. The molecule has 1 fully saturated rings. The first-order valence-electron chi connectivity index (χ1n) is 5.45. The van der Waals surface area contributed by atoms with Crippen LogP contribution in [0.25, 0.3) is 0 Å². The summed E-state index contributed by atoms with van der Waals surface area (Å²) in [5, 5.41) is 9.01.